The number of amides is 1. The van der Waals surface area contributed by atoms with Crippen LogP contribution in [0.2, 0.25) is 0 Å². The number of nitrogens with zero attached hydrogens (tertiary/aromatic N) is 1. The van der Waals surface area contributed by atoms with E-state index in [0.717, 1.165) is 16.9 Å². The summed E-state index contributed by atoms with van der Waals surface area (Å²) in [6, 6.07) is 21.8. The van der Waals surface area contributed by atoms with Gasteiger partial charge in [-0.2, -0.15) is 0 Å². The monoisotopic (exact) mass is 524 g/mol. The maximum absolute atomic E-state index is 12.6. The Morgan fingerprint density at radius 1 is 0.919 bits per heavy atom. The van der Waals surface area contributed by atoms with E-state index in [1.54, 1.807) is 48.5 Å². The first-order valence-corrected chi connectivity index (χ1v) is 14.1. The number of anilines is 1. The molecular formula is C29H36N2O5S. The number of carbonyl (C=O) groups is 1. The second kappa shape index (κ2) is 12.1. The predicted octanol–water partition coefficient (Wildman–Crippen LogP) is 5.16. The number of benzene rings is 3. The van der Waals surface area contributed by atoms with Crippen molar-refractivity contribution < 1.29 is 22.7 Å². The molecule has 37 heavy (non-hydrogen) atoms. The van der Waals surface area contributed by atoms with Crippen LogP contribution in [-0.4, -0.2) is 40.3 Å². The van der Waals surface area contributed by atoms with Crippen LogP contribution in [-0.2, 0) is 22.0 Å². The molecular weight excluding hydrogens is 488 g/mol. The summed E-state index contributed by atoms with van der Waals surface area (Å²) in [5.41, 5.74) is 2.87. The lowest BCUT2D eigenvalue weighted by Crippen LogP contribution is -2.29. The van der Waals surface area contributed by atoms with Crippen molar-refractivity contribution >= 4 is 21.6 Å². The predicted molar refractivity (Wildman–Crippen MR) is 148 cm³/mol. The SMILES string of the molecule is CCOc1ccc(N(Cc2ccc(C(=O)NCCOc3ccccc3C(C)(C)C)cc2)S(C)(=O)=O)cc1. The summed E-state index contributed by atoms with van der Waals surface area (Å²) < 4.78 is 37.6. The fourth-order valence-corrected chi connectivity index (χ4v) is 4.73. The fraction of sp³-hybridized carbons (Fsp3) is 0.345. The molecule has 7 nitrogen and oxygen atoms in total. The molecule has 0 fully saturated rings. The molecule has 0 saturated heterocycles. The Hall–Kier alpha value is -3.52. The van der Waals surface area contributed by atoms with Gasteiger partial charge in [-0.15, -0.1) is 0 Å². The molecule has 0 heterocycles. The van der Waals surface area contributed by atoms with E-state index >= 15 is 0 Å². The first-order valence-electron chi connectivity index (χ1n) is 12.3. The second-order valence-electron chi connectivity index (χ2n) is 9.74. The zero-order valence-corrected chi connectivity index (χ0v) is 23.0. The van der Waals surface area contributed by atoms with Crippen molar-refractivity contribution in [2.75, 3.05) is 30.3 Å². The lowest BCUT2D eigenvalue weighted by molar-refractivity contribution is 0.0946. The van der Waals surface area contributed by atoms with Crippen LogP contribution in [0.15, 0.2) is 72.8 Å². The Bertz CT molecular complexity index is 1280. The highest BCUT2D eigenvalue weighted by Crippen LogP contribution is 2.30. The highest BCUT2D eigenvalue weighted by atomic mass is 32.2. The van der Waals surface area contributed by atoms with Crippen LogP contribution in [0.3, 0.4) is 0 Å². The third-order valence-corrected chi connectivity index (χ3v) is 6.86. The van der Waals surface area contributed by atoms with E-state index < -0.39 is 10.0 Å². The molecule has 0 aromatic heterocycles. The van der Waals surface area contributed by atoms with Gasteiger partial charge in [0.1, 0.15) is 18.1 Å². The number of rotatable bonds is 11. The maximum atomic E-state index is 12.6. The molecule has 1 amide bonds. The normalized spacial score (nSPS) is 11.6. The van der Waals surface area contributed by atoms with Crippen LogP contribution in [0.25, 0.3) is 0 Å². The molecule has 3 aromatic carbocycles. The molecule has 0 unspecified atom stereocenters. The van der Waals surface area contributed by atoms with Gasteiger partial charge in [-0.1, -0.05) is 51.1 Å². The van der Waals surface area contributed by atoms with E-state index in [1.165, 1.54) is 10.6 Å². The van der Waals surface area contributed by atoms with Crippen molar-refractivity contribution in [3.8, 4) is 11.5 Å². The molecule has 0 radical (unpaired) electrons. The van der Waals surface area contributed by atoms with Crippen LogP contribution in [0.5, 0.6) is 11.5 Å². The molecule has 1 N–H and O–H groups in total. The van der Waals surface area contributed by atoms with Crippen molar-refractivity contribution in [2.45, 2.75) is 39.7 Å². The molecule has 198 valence electrons. The third kappa shape index (κ3) is 7.98. The van der Waals surface area contributed by atoms with E-state index in [2.05, 4.69) is 32.2 Å². The third-order valence-electron chi connectivity index (χ3n) is 5.72. The molecule has 3 rings (SSSR count). The van der Waals surface area contributed by atoms with Crippen molar-refractivity contribution in [2.24, 2.45) is 0 Å². The molecule has 0 aliphatic carbocycles. The highest BCUT2D eigenvalue weighted by Gasteiger charge is 2.19. The topological polar surface area (TPSA) is 84.9 Å². The number of para-hydroxylation sites is 1. The molecule has 0 saturated carbocycles. The highest BCUT2D eigenvalue weighted by molar-refractivity contribution is 7.92. The average Bonchev–Trinajstić information content (AvgIpc) is 2.85. The standard InChI is InChI=1S/C29H36N2O5S/c1-6-35-25-17-15-24(16-18-25)31(37(5,33)34)21-22-11-13-23(14-12-22)28(32)30-19-20-36-27-10-8-7-9-26(27)29(2,3)4/h7-18H,6,19-21H2,1-5H3,(H,30,32). The smallest absolute Gasteiger partial charge is 0.251 e. The number of carbonyl (C=O) groups excluding carboxylic acids is 1. The van der Waals surface area contributed by atoms with E-state index in [9.17, 15) is 13.2 Å². The van der Waals surface area contributed by atoms with Crippen LogP contribution in [0.4, 0.5) is 5.69 Å². The Balaban J connectivity index is 1.58. The van der Waals surface area contributed by atoms with E-state index in [-0.39, 0.29) is 17.9 Å². The van der Waals surface area contributed by atoms with Crippen LogP contribution < -0.4 is 19.1 Å². The number of ether oxygens (including phenoxy) is 2. The van der Waals surface area contributed by atoms with Gasteiger partial charge < -0.3 is 14.8 Å². The lowest BCUT2D eigenvalue weighted by Gasteiger charge is -2.23. The quantitative estimate of drug-likeness (QED) is 0.350. The number of hydrogen-bond acceptors (Lipinski definition) is 5. The van der Waals surface area contributed by atoms with Gasteiger partial charge in [0.2, 0.25) is 10.0 Å². The summed E-state index contributed by atoms with van der Waals surface area (Å²) in [5, 5.41) is 2.87. The number of hydrogen-bond donors (Lipinski definition) is 1. The zero-order chi connectivity index (χ0) is 27.1. The van der Waals surface area contributed by atoms with Gasteiger partial charge in [-0.3, -0.25) is 9.10 Å². The molecule has 0 aliphatic rings. The largest absolute Gasteiger partial charge is 0.494 e. The second-order valence-corrected chi connectivity index (χ2v) is 11.7. The average molecular weight is 525 g/mol. The van der Waals surface area contributed by atoms with E-state index in [0.29, 0.717) is 36.8 Å². The van der Waals surface area contributed by atoms with Gasteiger partial charge in [0, 0.05) is 5.56 Å². The first kappa shape index (κ1) is 28.1. The van der Waals surface area contributed by atoms with Crippen LogP contribution in [0.1, 0.15) is 49.2 Å². The molecule has 0 bridgehead atoms. The summed E-state index contributed by atoms with van der Waals surface area (Å²) in [6.45, 7) is 9.68. The Labute approximate surface area is 220 Å². The molecule has 0 atom stereocenters. The summed E-state index contributed by atoms with van der Waals surface area (Å²) in [5.74, 6) is 1.28. The van der Waals surface area contributed by atoms with Gasteiger partial charge >= 0.3 is 0 Å². The number of nitrogens with one attached hydrogen (secondary N) is 1. The number of sulfonamides is 1. The Kier molecular flexibility index (Phi) is 9.21. The summed E-state index contributed by atoms with van der Waals surface area (Å²) in [6.07, 6.45) is 1.17. The zero-order valence-electron chi connectivity index (χ0n) is 22.2. The van der Waals surface area contributed by atoms with Crippen molar-refractivity contribution in [3.05, 3.63) is 89.5 Å². The van der Waals surface area contributed by atoms with Gasteiger partial charge in [-0.05, 0) is 65.9 Å². The van der Waals surface area contributed by atoms with Gasteiger partial charge in [0.15, 0.2) is 0 Å². The van der Waals surface area contributed by atoms with Gasteiger partial charge in [0.05, 0.1) is 31.6 Å². The summed E-state index contributed by atoms with van der Waals surface area (Å²) >= 11 is 0. The first-order chi connectivity index (χ1) is 17.5. The van der Waals surface area contributed by atoms with Gasteiger partial charge in [0.25, 0.3) is 5.91 Å². The minimum atomic E-state index is -3.52. The maximum Gasteiger partial charge on any atom is 0.251 e. The fourth-order valence-electron chi connectivity index (χ4n) is 3.84. The van der Waals surface area contributed by atoms with E-state index in [1.807, 2.05) is 25.1 Å². The van der Waals surface area contributed by atoms with E-state index in [4.69, 9.17) is 9.47 Å². The Morgan fingerprint density at radius 3 is 2.16 bits per heavy atom. The summed E-state index contributed by atoms with van der Waals surface area (Å²) in [7, 11) is -3.52. The molecule has 8 heteroatoms. The minimum absolute atomic E-state index is 0.0405. The van der Waals surface area contributed by atoms with Gasteiger partial charge in [-0.25, -0.2) is 8.42 Å². The van der Waals surface area contributed by atoms with Crippen molar-refractivity contribution in [3.63, 3.8) is 0 Å². The van der Waals surface area contributed by atoms with Crippen molar-refractivity contribution in [1.82, 2.24) is 5.32 Å². The summed E-state index contributed by atoms with van der Waals surface area (Å²) in [4.78, 5) is 12.6. The van der Waals surface area contributed by atoms with Crippen LogP contribution >= 0.6 is 0 Å². The lowest BCUT2D eigenvalue weighted by atomic mass is 9.86. The molecule has 3 aromatic rings. The molecule has 0 aliphatic heterocycles. The van der Waals surface area contributed by atoms with Crippen LogP contribution in [0, 0.1) is 0 Å². The minimum Gasteiger partial charge on any atom is -0.494 e. The van der Waals surface area contributed by atoms with Crippen molar-refractivity contribution in [1.29, 1.82) is 0 Å². The molecule has 0 spiro atoms. The Morgan fingerprint density at radius 2 is 1.57 bits per heavy atom.